The molecule has 1 nitrogen and oxygen atoms in total. The van der Waals surface area contributed by atoms with Crippen molar-refractivity contribution in [1.82, 2.24) is 0 Å². The van der Waals surface area contributed by atoms with Crippen LogP contribution in [0.5, 0.6) is 5.75 Å². The number of methoxy groups -OCH3 is 1. The molecule has 1 atom stereocenters. The predicted octanol–water partition coefficient (Wildman–Crippen LogP) is 5.06. The van der Waals surface area contributed by atoms with Crippen LogP contribution >= 0.6 is 27.5 Å². The van der Waals surface area contributed by atoms with Gasteiger partial charge in [-0.3, -0.25) is 0 Å². The molecule has 0 saturated carbocycles. The van der Waals surface area contributed by atoms with E-state index in [0.29, 0.717) is 15.8 Å². The maximum atomic E-state index is 13.9. The molecule has 0 spiro atoms. The quantitative estimate of drug-likeness (QED) is 0.705. The molecule has 2 rings (SSSR count). The van der Waals surface area contributed by atoms with Crippen LogP contribution in [-0.4, -0.2) is 7.11 Å². The largest absolute Gasteiger partial charge is 0.496 e. The number of rotatable bonds is 3. The van der Waals surface area contributed by atoms with Crippen LogP contribution in [0.1, 0.15) is 16.5 Å². The molecule has 0 heterocycles. The van der Waals surface area contributed by atoms with Gasteiger partial charge in [-0.05, 0) is 30.3 Å². The summed E-state index contributed by atoms with van der Waals surface area (Å²) in [7, 11) is 1.46. The highest BCUT2D eigenvalue weighted by Gasteiger charge is 2.22. The van der Waals surface area contributed by atoms with Crippen LogP contribution in [0.4, 0.5) is 8.78 Å². The summed E-state index contributed by atoms with van der Waals surface area (Å²) in [5.74, 6) is -0.494. The molecule has 0 bridgehead atoms. The first-order valence-corrected chi connectivity index (χ1v) is 6.69. The molecule has 0 aliphatic rings. The van der Waals surface area contributed by atoms with Gasteiger partial charge in [0.1, 0.15) is 17.4 Å². The third kappa shape index (κ3) is 2.90. The maximum absolute atomic E-state index is 13.9. The lowest BCUT2D eigenvalue weighted by Gasteiger charge is -2.16. The van der Waals surface area contributed by atoms with Crippen LogP contribution in [0.2, 0.25) is 0 Å². The van der Waals surface area contributed by atoms with Crippen LogP contribution in [0.25, 0.3) is 0 Å². The number of hydrogen-bond acceptors (Lipinski definition) is 1. The molecule has 100 valence electrons. The van der Waals surface area contributed by atoms with Crippen molar-refractivity contribution < 1.29 is 13.5 Å². The highest BCUT2D eigenvalue weighted by atomic mass is 79.9. The molecule has 0 aliphatic carbocycles. The third-order valence-electron chi connectivity index (χ3n) is 2.72. The van der Waals surface area contributed by atoms with Crippen molar-refractivity contribution in [3.05, 3.63) is 63.6 Å². The molecule has 0 amide bonds. The van der Waals surface area contributed by atoms with Gasteiger partial charge < -0.3 is 4.74 Å². The van der Waals surface area contributed by atoms with E-state index in [-0.39, 0.29) is 5.56 Å². The molecule has 0 aliphatic heterocycles. The van der Waals surface area contributed by atoms with E-state index in [2.05, 4.69) is 15.9 Å². The summed E-state index contributed by atoms with van der Waals surface area (Å²) in [6, 6.07) is 8.53. The molecule has 5 heteroatoms. The van der Waals surface area contributed by atoms with E-state index in [1.165, 1.54) is 31.4 Å². The maximum Gasteiger partial charge on any atom is 0.129 e. The fraction of sp³-hybridized carbons (Fsp3) is 0.143. The van der Waals surface area contributed by atoms with E-state index in [0.717, 1.165) is 0 Å². The molecule has 2 aromatic rings. The zero-order valence-corrected chi connectivity index (χ0v) is 12.3. The van der Waals surface area contributed by atoms with Gasteiger partial charge in [0.2, 0.25) is 0 Å². The van der Waals surface area contributed by atoms with Gasteiger partial charge in [-0.15, -0.1) is 11.6 Å². The second kappa shape index (κ2) is 5.88. The van der Waals surface area contributed by atoms with Crippen molar-refractivity contribution in [3.63, 3.8) is 0 Å². The SMILES string of the molecule is COc1ccc(F)cc1C(Cl)c1c(F)cccc1Br. The van der Waals surface area contributed by atoms with E-state index in [4.69, 9.17) is 16.3 Å². The van der Waals surface area contributed by atoms with Gasteiger partial charge in [-0.2, -0.15) is 0 Å². The molecule has 19 heavy (non-hydrogen) atoms. The van der Waals surface area contributed by atoms with Crippen molar-refractivity contribution >= 4 is 27.5 Å². The van der Waals surface area contributed by atoms with Crippen molar-refractivity contribution in [2.75, 3.05) is 7.11 Å². The molecule has 2 aromatic carbocycles. The summed E-state index contributed by atoms with van der Waals surface area (Å²) in [5.41, 5.74) is 0.642. The highest BCUT2D eigenvalue weighted by molar-refractivity contribution is 9.10. The van der Waals surface area contributed by atoms with Crippen molar-refractivity contribution in [2.24, 2.45) is 0 Å². The minimum Gasteiger partial charge on any atom is -0.496 e. The average Bonchev–Trinajstić information content (AvgIpc) is 2.38. The molecule has 0 fully saturated rings. The Morgan fingerprint density at radius 3 is 2.58 bits per heavy atom. The number of hydrogen-bond donors (Lipinski definition) is 0. The van der Waals surface area contributed by atoms with E-state index >= 15 is 0 Å². The first-order valence-electron chi connectivity index (χ1n) is 5.46. The van der Waals surface area contributed by atoms with E-state index in [9.17, 15) is 8.78 Å². The normalized spacial score (nSPS) is 12.3. The summed E-state index contributed by atoms with van der Waals surface area (Å²) in [6.07, 6.45) is 0. The number of halogens is 4. The van der Waals surface area contributed by atoms with Gasteiger partial charge in [0.05, 0.1) is 12.5 Å². The van der Waals surface area contributed by atoms with Crippen molar-refractivity contribution in [2.45, 2.75) is 5.38 Å². The monoisotopic (exact) mass is 346 g/mol. The molecular formula is C14H10BrClF2O. The summed E-state index contributed by atoms with van der Waals surface area (Å²) < 4.78 is 32.9. The second-order valence-electron chi connectivity index (χ2n) is 3.88. The van der Waals surface area contributed by atoms with Crippen LogP contribution < -0.4 is 4.74 Å². The predicted molar refractivity (Wildman–Crippen MR) is 74.7 cm³/mol. The first-order chi connectivity index (χ1) is 9.04. The lowest BCUT2D eigenvalue weighted by Crippen LogP contribution is -2.01. The Bertz CT molecular complexity index is 584. The number of alkyl halides is 1. The van der Waals surface area contributed by atoms with Crippen LogP contribution in [-0.2, 0) is 0 Å². The highest BCUT2D eigenvalue weighted by Crippen LogP contribution is 2.39. The Morgan fingerprint density at radius 1 is 1.21 bits per heavy atom. The Morgan fingerprint density at radius 2 is 1.95 bits per heavy atom. The smallest absolute Gasteiger partial charge is 0.129 e. The molecule has 0 aromatic heterocycles. The first kappa shape index (κ1) is 14.3. The number of benzene rings is 2. The zero-order valence-electron chi connectivity index (χ0n) is 9.96. The fourth-order valence-electron chi connectivity index (χ4n) is 1.81. The van der Waals surface area contributed by atoms with Crippen LogP contribution in [0.15, 0.2) is 40.9 Å². The van der Waals surface area contributed by atoms with E-state index < -0.39 is 17.0 Å². The Hall–Kier alpha value is -1.13. The Balaban J connectivity index is 2.55. The van der Waals surface area contributed by atoms with Gasteiger partial charge in [0.15, 0.2) is 0 Å². The fourth-order valence-corrected chi connectivity index (χ4v) is 2.91. The third-order valence-corrected chi connectivity index (χ3v) is 3.86. The van der Waals surface area contributed by atoms with Crippen LogP contribution in [0, 0.1) is 11.6 Å². The standard InChI is InChI=1S/C14H10BrClF2O/c1-19-12-6-5-8(17)7-9(12)14(16)13-10(15)3-2-4-11(13)18/h2-7,14H,1H3. The van der Waals surface area contributed by atoms with Gasteiger partial charge in [-0.25, -0.2) is 8.78 Å². The topological polar surface area (TPSA) is 9.23 Å². The van der Waals surface area contributed by atoms with E-state index in [1.54, 1.807) is 12.1 Å². The van der Waals surface area contributed by atoms with Crippen LogP contribution in [0.3, 0.4) is 0 Å². The van der Waals surface area contributed by atoms with Gasteiger partial charge >= 0.3 is 0 Å². The zero-order chi connectivity index (χ0) is 14.0. The molecule has 0 N–H and O–H groups in total. The molecular weight excluding hydrogens is 338 g/mol. The minimum absolute atomic E-state index is 0.257. The number of ether oxygens (including phenoxy) is 1. The lowest BCUT2D eigenvalue weighted by molar-refractivity contribution is 0.408. The van der Waals surface area contributed by atoms with Crippen molar-refractivity contribution in [3.8, 4) is 5.75 Å². The van der Waals surface area contributed by atoms with Gasteiger partial charge in [0, 0.05) is 15.6 Å². The summed E-state index contributed by atoms with van der Waals surface area (Å²) in [4.78, 5) is 0. The van der Waals surface area contributed by atoms with E-state index in [1.807, 2.05) is 0 Å². The average molecular weight is 348 g/mol. The summed E-state index contributed by atoms with van der Waals surface area (Å²) >= 11 is 9.53. The summed E-state index contributed by atoms with van der Waals surface area (Å²) in [6.45, 7) is 0. The lowest BCUT2D eigenvalue weighted by atomic mass is 10.0. The Labute approximate surface area is 123 Å². The van der Waals surface area contributed by atoms with Gasteiger partial charge in [-0.1, -0.05) is 22.0 Å². The van der Waals surface area contributed by atoms with Gasteiger partial charge in [0.25, 0.3) is 0 Å². The van der Waals surface area contributed by atoms with Crippen molar-refractivity contribution in [1.29, 1.82) is 0 Å². The second-order valence-corrected chi connectivity index (χ2v) is 5.17. The molecule has 0 radical (unpaired) electrons. The molecule has 1 unspecified atom stereocenters. The Kier molecular flexibility index (Phi) is 4.42. The minimum atomic E-state index is -0.846. The summed E-state index contributed by atoms with van der Waals surface area (Å²) in [5, 5.41) is -0.846. The molecule has 0 saturated heterocycles.